The Hall–Kier alpha value is -2.50. The normalized spacial score (nSPS) is 11.5. The fourth-order valence-electron chi connectivity index (χ4n) is 1.50. The number of aldehydes is 1. The molecule has 1 atom stereocenters. The maximum absolute atomic E-state index is 10.6. The van der Waals surface area contributed by atoms with Gasteiger partial charge in [0, 0.05) is 12.1 Å². The predicted octanol–water partition coefficient (Wildman–Crippen LogP) is 3.07. The van der Waals surface area contributed by atoms with Crippen molar-refractivity contribution >= 4 is 20.5 Å². The molecule has 0 heterocycles. The molecule has 2 aromatic rings. The van der Waals surface area contributed by atoms with Crippen molar-refractivity contribution in [1.82, 2.24) is 5.09 Å². The Labute approximate surface area is 128 Å². The van der Waals surface area contributed by atoms with Crippen molar-refractivity contribution < 1.29 is 18.8 Å². The molecule has 0 saturated heterocycles. The summed E-state index contributed by atoms with van der Waals surface area (Å²) in [6, 6.07) is 14.6. The highest BCUT2D eigenvalue weighted by Gasteiger charge is 2.15. The van der Waals surface area contributed by atoms with E-state index in [9.17, 15) is 14.9 Å². The third kappa shape index (κ3) is 4.80. The van der Waals surface area contributed by atoms with Crippen molar-refractivity contribution in [1.29, 1.82) is 0 Å². The second-order valence-electron chi connectivity index (χ2n) is 4.03. The number of non-ortho nitro benzene ring substituents is 1. The van der Waals surface area contributed by atoms with Crippen molar-refractivity contribution in [3.05, 3.63) is 64.7 Å². The minimum absolute atomic E-state index is 0.0264. The lowest BCUT2D eigenvalue weighted by atomic mass is 10.3. The molecule has 0 bridgehead atoms. The highest BCUT2D eigenvalue weighted by molar-refractivity contribution is 7.45. The van der Waals surface area contributed by atoms with Gasteiger partial charge in [-0.05, 0) is 24.3 Å². The summed E-state index contributed by atoms with van der Waals surface area (Å²) in [6.45, 7) is 0.0749. The quantitative estimate of drug-likeness (QED) is 0.348. The largest absolute Gasteiger partial charge is 0.427 e. The smallest absolute Gasteiger partial charge is 0.382 e. The second-order valence-corrected chi connectivity index (χ2v) is 5.23. The lowest BCUT2D eigenvalue weighted by Gasteiger charge is -2.17. The molecule has 0 spiro atoms. The lowest BCUT2D eigenvalue weighted by Crippen LogP contribution is -2.16. The average Bonchev–Trinajstić information content (AvgIpc) is 2.54. The first kappa shape index (κ1) is 15.9. The van der Waals surface area contributed by atoms with E-state index in [-0.39, 0.29) is 12.2 Å². The monoisotopic (exact) mass is 320 g/mol. The van der Waals surface area contributed by atoms with Crippen LogP contribution in [0.4, 0.5) is 5.69 Å². The molecule has 0 aromatic heterocycles. The van der Waals surface area contributed by atoms with Crippen LogP contribution in [0.2, 0.25) is 0 Å². The van der Waals surface area contributed by atoms with E-state index < -0.39 is 13.4 Å². The topological polar surface area (TPSA) is 90.7 Å². The number of carbonyl (C=O) groups excluding carboxylic acids is 1. The SMILES string of the molecule is O=CCNP(Oc1ccccc1)Oc1ccc([N+](=O)[O-])cc1. The molecule has 0 aliphatic rings. The van der Waals surface area contributed by atoms with Crippen LogP contribution in [0, 0.1) is 10.1 Å². The summed E-state index contributed by atoms with van der Waals surface area (Å²) in [5.41, 5.74) is -0.0264. The molecular weight excluding hydrogens is 307 g/mol. The highest BCUT2D eigenvalue weighted by Crippen LogP contribution is 2.36. The molecule has 2 aromatic carbocycles. The second kappa shape index (κ2) is 8.07. The number of nitro groups is 1. The van der Waals surface area contributed by atoms with Gasteiger partial charge in [-0.1, -0.05) is 18.2 Å². The van der Waals surface area contributed by atoms with Crippen molar-refractivity contribution in [3.8, 4) is 11.5 Å². The number of para-hydroxylation sites is 1. The Balaban J connectivity index is 2.05. The molecule has 7 nitrogen and oxygen atoms in total. The zero-order valence-corrected chi connectivity index (χ0v) is 12.3. The Morgan fingerprint density at radius 2 is 1.64 bits per heavy atom. The molecule has 0 aliphatic carbocycles. The number of nitrogens with zero attached hydrogens (tertiary/aromatic N) is 1. The Morgan fingerprint density at radius 3 is 2.18 bits per heavy atom. The van der Waals surface area contributed by atoms with Crippen molar-refractivity contribution in [2.45, 2.75) is 0 Å². The van der Waals surface area contributed by atoms with Gasteiger partial charge in [0.1, 0.15) is 17.8 Å². The van der Waals surface area contributed by atoms with Crippen LogP contribution in [-0.2, 0) is 4.79 Å². The molecule has 1 unspecified atom stereocenters. The van der Waals surface area contributed by atoms with Gasteiger partial charge in [0.25, 0.3) is 5.69 Å². The molecular formula is C14H13N2O5P. The van der Waals surface area contributed by atoms with Crippen molar-refractivity contribution in [3.63, 3.8) is 0 Å². The van der Waals surface area contributed by atoms with Gasteiger partial charge in [-0.2, -0.15) is 0 Å². The van der Waals surface area contributed by atoms with Gasteiger partial charge >= 0.3 is 8.53 Å². The molecule has 114 valence electrons. The molecule has 0 fully saturated rings. The van der Waals surface area contributed by atoms with Crippen LogP contribution in [0.3, 0.4) is 0 Å². The van der Waals surface area contributed by atoms with E-state index in [1.165, 1.54) is 24.3 Å². The van der Waals surface area contributed by atoms with Gasteiger partial charge in [0.05, 0.1) is 11.5 Å². The molecule has 0 amide bonds. The predicted molar refractivity (Wildman–Crippen MR) is 81.8 cm³/mol. The zero-order valence-electron chi connectivity index (χ0n) is 11.4. The van der Waals surface area contributed by atoms with E-state index in [0.29, 0.717) is 17.8 Å². The summed E-state index contributed by atoms with van der Waals surface area (Å²) >= 11 is 0. The van der Waals surface area contributed by atoms with Gasteiger partial charge < -0.3 is 13.8 Å². The van der Waals surface area contributed by atoms with Crippen molar-refractivity contribution in [2.24, 2.45) is 0 Å². The zero-order chi connectivity index (χ0) is 15.8. The highest BCUT2D eigenvalue weighted by atomic mass is 31.2. The maximum atomic E-state index is 10.6. The van der Waals surface area contributed by atoms with E-state index >= 15 is 0 Å². The summed E-state index contributed by atoms with van der Waals surface area (Å²) in [5, 5.41) is 13.4. The van der Waals surface area contributed by atoms with Crippen LogP contribution in [0.1, 0.15) is 0 Å². The van der Waals surface area contributed by atoms with Gasteiger partial charge in [-0.3, -0.25) is 10.1 Å². The fraction of sp³-hybridized carbons (Fsp3) is 0.0714. The molecule has 22 heavy (non-hydrogen) atoms. The summed E-state index contributed by atoms with van der Waals surface area (Å²) in [5.74, 6) is 1.000. The third-order valence-corrected chi connectivity index (χ3v) is 3.67. The number of carbonyl (C=O) groups is 1. The van der Waals surface area contributed by atoms with Gasteiger partial charge in [0.2, 0.25) is 0 Å². The van der Waals surface area contributed by atoms with Crippen LogP contribution in [0.5, 0.6) is 11.5 Å². The van der Waals surface area contributed by atoms with E-state index in [1.807, 2.05) is 18.2 Å². The molecule has 0 saturated carbocycles. The first-order chi connectivity index (χ1) is 10.7. The molecule has 8 heteroatoms. The van der Waals surface area contributed by atoms with Crippen LogP contribution < -0.4 is 14.1 Å². The van der Waals surface area contributed by atoms with Gasteiger partial charge in [-0.25, -0.2) is 5.09 Å². The summed E-state index contributed by atoms with van der Waals surface area (Å²) < 4.78 is 11.2. The third-order valence-electron chi connectivity index (χ3n) is 2.47. The molecule has 1 N–H and O–H groups in total. The van der Waals surface area contributed by atoms with E-state index in [0.717, 1.165) is 0 Å². The Kier molecular flexibility index (Phi) is 5.82. The number of hydrogen-bond acceptors (Lipinski definition) is 6. The van der Waals surface area contributed by atoms with Gasteiger partial charge in [-0.15, -0.1) is 0 Å². The van der Waals surface area contributed by atoms with E-state index in [4.69, 9.17) is 9.05 Å². The van der Waals surface area contributed by atoms with Gasteiger partial charge in [0.15, 0.2) is 0 Å². The van der Waals surface area contributed by atoms with Crippen LogP contribution in [0.25, 0.3) is 0 Å². The molecule has 2 rings (SSSR count). The standard InChI is InChI=1S/C14H13N2O5P/c17-11-10-15-22(20-13-4-2-1-3-5-13)21-14-8-6-12(7-9-14)16(18)19/h1-9,11,15H,10H2. The Bertz CT molecular complexity index is 621. The van der Waals surface area contributed by atoms with E-state index in [2.05, 4.69) is 5.09 Å². The minimum Gasteiger partial charge on any atom is -0.427 e. The summed E-state index contributed by atoms with van der Waals surface area (Å²) in [4.78, 5) is 20.6. The van der Waals surface area contributed by atoms with Crippen LogP contribution in [-0.4, -0.2) is 17.8 Å². The summed E-state index contributed by atoms with van der Waals surface area (Å²) in [7, 11) is -1.60. The number of rotatable bonds is 8. The first-order valence-electron chi connectivity index (χ1n) is 6.32. The molecule has 0 radical (unpaired) electrons. The fourth-order valence-corrected chi connectivity index (χ4v) is 2.51. The van der Waals surface area contributed by atoms with Crippen molar-refractivity contribution in [2.75, 3.05) is 6.54 Å². The van der Waals surface area contributed by atoms with E-state index in [1.54, 1.807) is 12.1 Å². The number of hydrogen-bond donors (Lipinski definition) is 1. The average molecular weight is 320 g/mol. The number of nitrogens with one attached hydrogen (secondary N) is 1. The maximum Gasteiger partial charge on any atom is 0.382 e. The summed E-state index contributed by atoms with van der Waals surface area (Å²) in [6.07, 6.45) is 0.697. The first-order valence-corrected chi connectivity index (χ1v) is 7.49. The van der Waals surface area contributed by atoms with Crippen LogP contribution in [0.15, 0.2) is 54.6 Å². The lowest BCUT2D eigenvalue weighted by molar-refractivity contribution is -0.384. The minimum atomic E-state index is -1.60. The number of nitro benzene ring substituents is 1. The molecule has 0 aliphatic heterocycles. The Morgan fingerprint density at radius 1 is 1.05 bits per heavy atom. The number of benzene rings is 2. The van der Waals surface area contributed by atoms with Crippen LogP contribution >= 0.6 is 8.53 Å².